The lowest BCUT2D eigenvalue weighted by atomic mass is 10.1. The third kappa shape index (κ3) is 3.17. The topological polar surface area (TPSA) is 58.6 Å². The molecule has 0 aromatic carbocycles. The van der Waals surface area contributed by atoms with Gasteiger partial charge in [0.15, 0.2) is 11.5 Å². The molecule has 3 heterocycles. The van der Waals surface area contributed by atoms with E-state index in [1.165, 1.54) is 0 Å². The first-order chi connectivity index (χ1) is 10.8. The van der Waals surface area contributed by atoms with Crippen molar-refractivity contribution in [3.63, 3.8) is 0 Å². The van der Waals surface area contributed by atoms with Crippen molar-refractivity contribution in [2.45, 2.75) is 39.0 Å². The zero-order chi connectivity index (χ0) is 16.6. The van der Waals surface area contributed by atoms with Gasteiger partial charge in [0.1, 0.15) is 5.60 Å². The van der Waals surface area contributed by atoms with E-state index in [-0.39, 0.29) is 17.7 Å². The summed E-state index contributed by atoms with van der Waals surface area (Å²) in [6, 6.07) is 7.33. The Morgan fingerprint density at radius 1 is 1.35 bits per heavy atom. The first-order valence-electron chi connectivity index (χ1n) is 7.66. The number of amides is 1. The van der Waals surface area contributed by atoms with E-state index in [1.54, 1.807) is 30.9 Å². The number of aliphatic hydroxyl groups is 1. The van der Waals surface area contributed by atoms with Gasteiger partial charge in [-0.3, -0.25) is 4.79 Å². The number of rotatable bonds is 1. The number of fused-ring (bicyclic) bond motifs is 1. The molecule has 2 aromatic heterocycles. The summed E-state index contributed by atoms with van der Waals surface area (Å²) >= 11 is 0. The zero-order valence-electron chi connectivity index (χ0n) is 13.5. The van der Waals surface area contributed by atoms with E-state index in [0.717, 1.165) is 12.2 Å². The predicted molar refractivity (Wildman–Crippen MR) is 85.8 cm³/mol. The minimum atomic E-state index is -1.09. The highest BCUT2D eigenvalue weighted by Gasteiger charge is 2.29. The molecule has 1 N–H and O–H groups in total. The van der Waals surface area contributed by atoms with Gasteiger partial charge in [-0.1, -0.05) is 5.92 Å². The van der Waals surface area contributed by atoms with Crippen molar-refractivity contribution in [2.24, 2.45) is 0 Å². The van der Waals surface area contributed by atoms with Crippen molar-refractivity contribution >= 4 is 5.91 Å². The molecule has 1 aliphatic heterocycles. The van der Waals surface area contributed by atoms with Crippen LogP contribution in [-0.4, -0.2) is 32.6 Å². The molecule has 0 radical (unpaired) electrons. The number of hydrogen-bond donors (Lipinski definition) is 1. The van der Waals surface area contributed by atoms with Crippen molar-refractivity contribution in [1.82, 2.24) is 9.47 Å². The number of carbonyl (C=O) groups is 1. The first-order valence-corrected chi connectivity index (χ1v) is 7.66. The van der Waals surface area contributed by atoms with Gasteiger partial charge in [0.2, 0.25) is 0 Å². The molecule has 3 rings (SSSR count). The highest BCUT2D eigenvalue weighted by atomic mass is 16.4. The predicted octanol–water partition coefficient (Wildman–Crippen LogP) is 2.42. The molecule has 2 aromatic rings. The van der Waals surface area contributed by atoms with Crippen LogP contribution < -0.4 is 0 Å². The summed E-state index contributed by atoms with van der Waals surface area (Å²) in [4.78, 5) is 14.5. The minimum Gasteiger partial charge on any atom is -0.443 e. The third-order valence-corrected chi connectivity index (χ3v) is 3.91. The highest BCUT2D eigenvalue weighted by Crippen LogP contribution is 2.27. The first kappa shape index (κ1) is 15.4. The smallest absolute Gasteiger partial charge is 0.290 e. The largest absolute Gasteiger partial charge is 0.443 e. The van der Waals surface area contributed by atoms with E-state index in [1.807, 2.05) is 25.3 Å². The van der Waals surface area contributed by atoms with Gasteiger partial charge >= 0.3 is 0 Å². The lowest BCUT2D eigenvalue weighted by molar-refractivity contribution is 0.0610. The average molecular weight is 312 g/mol. The van der Waals surface area contributed by atoms with Crippen molar-refractivity contribution in [1.29, 1.82) is 0 Å². The van der Waals surface area contributed by atoms with Gasteiger partial charge in [-0.15, -0.1) is 0 Å². The van der Waals surface area contributed by atoms with Crippen molar-refractivity contribution < 1.29 is 14.3 Å². The van der Waals surface area contributed by atoms with Crippen LogP contribution in [0.1, 0.15) is 48.8 Å². The number of carbonyl (C=O) groups excluding carboxylic acids is 1. The van der Waals surface area contributed by atoms with Gasteiger partial charge in [0.25, 0.3) is 5.91 Å². The highest BCUT2D eigenvalue weighted by molar-refractivity contribution is 5.92. The molecule has 23 heavy (non-hydrogen) atoms. The number of furan rings is 1. The fourth-order valence-electron chi connectivity index (χ4n) is 2.73. The Balaban J connectivity index is 1.79. The van der Waals surface area contributed by atoms with Gasteiger partial charge in [0.05, 0.1) is 6.04 Å². The molecule has 1 aliphatic rings. The lowest BCUT2D eigenvalue weighted by Crippen LogP contribution is -2.40. The normalized spacial score (nSPS) is 17.4. The van der Waals surface area contributed by atoms with Crippen LogP contribution >= 0.6 is 0 Å². The molecule has 0 saturated heterocycles. The van der Waals surface area contributed by atoms with Crippen molar-refractivity contribution in [2.75, 3.05) is 6.54 Å². The molecule has 0 bridgehead atoms. The van der Waals surface area contributed by atoms with Gasteiger partial charge in [-0.05, 0) is 51.0 Å². The second-order valence-corrected chi connectivity index (χ2v) is 6.27. The molecule has 0 saturated carbocycles. The van der Waals surface area contributed by atoms with E-state index in [0.29, 0.717) is 12.3 Å². The van der Waals surface area contributed by atoms with Gasteiger partial charge in [0, 0.05) is 25.0 Å². The lowest BCUT2D eigenvalue weighted by Gasteiger charge is -2.34. The van der Waals surface area contributed by atoms with E-state index in [9.17, 15) is 9.90 Å². The van der Waals surface area contributed by atoms with Gasteiger partial charge in [-0.2, -0.15) is 0 Å². The number of aromatic nitrogens is 1. The standard InChI is InChI=1S/C18H20N2O3/c1-13-15-5-4-10-19(15)11-12-20(13)17(21)16-7-6-14(23-16)8-9-18(2,3)22/h4-7,10,13,22H,11-12H2,1-3H3. The van der Waals surface area contributed by atoms with Gasteiger partial charge < -0.3 is 19.0 Å². The Kier molecular flexibility index (Phi) is 3.78. The number of hydrogen-bond acceptors (Lipinski definition) is 3. The molecular formula is C18H20N2O3. The molecule has 0 aliphatic carbocycles. The quantitative estimate of drug-likeness (QED) is 0.823. The summed E-state index contributed by atoms with van der Waals surface area (Å²) in [6.45, 7) is 6.64. The summed E-state index contributed by atoms with van der Waals surface area (Å²) < 4.78 is 7.69. The molecule has 1 atom stereocenters. The average Bonchev–Trinajstić information content (AvgIpc) is 3.13. The molecule has 1 amide bonds. The van der Waals surface area contributed by atoms with Crippen LogP contribution in [0.5, 0.6) is 0 Å². The Morgan fingerprint density at radius 3 is 2.87 bits per heavy atom. The molecular weight excluding hydrogens is 292 g/mol. The Labute approximate surface area is 135 Å². The maximum Gasteiger partial charge on any atom is 0.290 e. The molecule has 0 fully saturated rings. The fraction of sp³-hybridized carbons (Fsp3) is 0.389. The summed E-state index contributed by atoms with van der Waals surface area (Å²) in [6.07, 6.45) is 2.03. The number of nitrogens with zero attached hydrogens (tertiary/aromatic N) is 2. The molecule has 5 nitrogen and oxygen atoms in total. The van der Waals surface area contributed by atoms with Crippen molar-refractivity contribution in [3.05, 3.63) is 47.7 Å². The Morgan fingerprint density at radius 2 is 2.13 bits per heavy atom. The molecule has 0 spiro atoms. The Bertz CT molecular complexity index is 783. The minimum absolute atomic E-state index is 0.00209. The fourth-order valence-corrected chi connectivity index (χ4v) is 2.73. The van der Waals surface area contributed by atoms with Crippen LogP contribution in [0.3, 0.4) is 0 Å². The maximum atomic E-state index is 12.7. The molecule has 1 unspecified atom stereocenters. The maximum absolute atomic E-state index is 12.7. The van der Waals surface area contributed by atoms with E-state index < -0.39 is 5.60 Å². The summed E-state index contributed by atoms with van der Waals surface area (Å²) in [5.74, 6) is 5.93. The zero-order valence-corrected chi connectivity index (χ0v) is 13.5. The van der Waals surface area contributed by atoms with Crippen LogP contribution in [0, 0.1) is 11.8 Å². The van der Waals surface area contributed by atoms with E-state index in [2.05, 4.69) is 16.4 Å². The summed E-state index contributed by atoms with van der Waals surface area (Å²) in [7, 11) is 0. The Hall–Kier alpha value is -2.45. The second-order valence-electron chi connectivity index (χ2n) is 6.27. The van der Waals surface area contributed by atoms with Crippen LogP contribution in [0.25, 0.3) is 0 Å². The SMILES string of the molecule is CC1c2cccn2CCN1C(=O)c1ccc(C#CC(C)(C)O)o1. The van der Waals surface area contributed by atoms with Crippen LogP contribution in [0.4, 0.5) is 0 Å². The van der Waals surface area contributed by atoms with Crippen LogP contribution in [0.15, 0.2) is 34.9 Å². The van der Waals surface area contributed by atoms with Crippen LogP contribution in [-0.2, 0) is 6.54 Å². The second kappa shape index (κ2) is 5.64. The van der Waals surface area contributed by atoms with E-state index in [4.69, 9.17) is 4.42 Å². The molecule has 5 heteroatoms. The van der Waals surface area contributed by atoms with Crippen LogP contribution in [0.2, 0.25) is 0 Å². The van der Waals surface area contributed by atoms with Gasteiger partial charge in [-0.25, -0.2) is 0 Å². The van der Waals surface area contributed by atoms with Crippen molar-refractivity contribution in [3.8, 4) is 11.8 Å². The summed E-state index contributed by atoms with van der Waals surface area (Å²) in [5, 5.41) is 9.61. The monoisotopic (exact) mass is 312 g/mol. The summed E-state index contributed by atoms with van der Waals surface area (Å²) in [5.41, 5.74) is 0.0298. The van der Waals surface area contributed by atoms with E-state index >= 15 is 0 Å². The third-order valence-electron chi connectivity index (χ3n) is 3.91. The molecule has 120 valence electrons.